The molecule has 0 bridgehead atoms. The number of carbonyl (C=O) groups excluding carboxylic acids is 2. The fraction of sp³-hybridized carbons (Fsp3) is 0.529. The number of amides is 2. The molecule has 22 heavy (non-hydrogen) atoms. The Morgan fingerprint density at radius 2 is 1.86 bits per heavy atom. The Labute approximate surface area is 130 Å². The number of nitrogens with two attached hydrogens (primary N) is 1. The Kier molecular flexibility index (Phi) is 4.43. The van der Waals surface area contributed by atoms with Gasteiger partial charge in [-0.05, 0) is 43.0 Å². The summed E-state index contributed by atoms with van der Waals surface area (Å²) in [4.78, 5) is 26.2. The van der Waals surface area contributed by atoms with E-state index in [9.17, 15) is 9.59 Å². The molecule has 5 nitrogen and oxygen atoms in total. The molecule has 1 aromatic rings. The molecule has 1 unspecified atom stereocenters. The third kappa shape index (κ3) is 3.14. The van der Waals surface area contributed by atoms with E-state index >= 15 is 0 Å². The zero-order chi connectivity index (χ0) is 15.5. The highest BCUT2D eigenvalue weighted by Gasteiger charge is 2.34. The van der Waals surface area contributed by atoms with E-state index in [0.29, 0.717) is 25.3 Å². The lowest BCUT2D eigenvalue weighted by atomic mass is 9.90. The number of fused-ring (bicyclic) bond motifs is 1. The van der Waals surface area contributed by atoms with Crippen LogP contribution in [-0.4, -0.2) is 35.8 Å². The van der Waals surface area contributed by atoms with E-state index in [1.807, 2.05) is 24.3 Å². The SMILES string of the molecule is NC(=O)C1Cc2ccccc2CN1C(=O)CC1CCNCC1. The van der Waals surface area contributed by atoms with E-state index in [2.05, 4.69) is 5.32 Å². The van der Waals surface area contributed by atoms with Crippen LogP contribution in [0.1, 0.15) is 30.4 Å². The van der Waals surface area contributed by atoms with E-state index in [1.54, 1.807) is 4.90 Å². The zero-order valence-corrected chi connectivity index (χ0v) is 12.8. The van der Waals surface area contributed by atoms with Crippen molar-refractivity contribution in [1.29, 1.82) is 0 Å². The number of nitrogens with one attached hydrogen (secondary N) is 1. The number of rotatable bonds is 3. The minimum atomic E-state index is -0.510. The maximum Gasteiger partial charge on any atom is 0.240 e. The molecule has 3 N–H and O–H groups in total. The van der Waals surface area contributed by atoms with Crippen molar-refractivity contribution in [2.24, 2.45) is 11.7 Å². The maximum absolute atomic E-state index is 12.7. The second kappa shape index (κ2) is 6.48. The second-order valence-corrected chi connectivity index (χ2v) is 6.31. The third-order valence-corrected chi connectivity index (χ3v) is 4.82. The van der Waals surface area contributed by atoms with Gasteiger partial charge in [-0.1, -0.05) is 24.3 Å². The zero-order valence-electron chi connectivity index (χ0n) is 12.8. The van der Waals surface area contributed by atoms with Gasteiger partial charge in [-0.2, -0.15) is 0 Å². The van der Waals surface area contributed by atoms with Gasteiger partial charge < -0.3 is 16.0 Å². The van der Waals surface area contributed by atoms with Crippen molar-refractivity contribution in [1.82, 2.24) is 10.2 Å². The quantitative estimate of drug-likeness (QED) is 0.868. The number of primary amides is 1. The molecule has 0 saturated carbocycles. The first-order chi connectivity index (χ1) is 10.6. The van der Waals surface area contributed by atoms with Crippen molar-refractivity contribution in [2.45, 2.75) is 38.3 Å². The van der Waals surface area contributed by atoms with Gasteiger partial charge in [-0.3, -0.25) is 9.59 Å². The first-order valence-corrected chi connectivity index (χ1v) is 8.01. The maximum atomic E-state index is 12.7. The van der Waals surface area contributed by atoms with Crippen LogP contribution < -0.4 is 11.1 Å². The number of carbonyl (C=O) groups is 2. The third-order valence-electron chi connectivity index (χ3n) is 4.82. The summed E-state index contributed by atoms with van der Waals surface area (Å²) in [6, 6.07) is 7.46. The van der Waals surface area contributed by atoms with E-state index < -0.39 is 11.9 Å². The van der Waals surface area contributed by atoms with Crippen LogP contribution in [0.25, 0.3) is 0 Å². The highest BCUT2D eigenvalue weighted by Crippen LogP contribution is 2.26. The average molecular weight is 301 g/mol. The van der Waals surface area contributed by atoms with Gasteiger partial charge in [0.15, 0.2) is 0 Å². The van der Waals surface area contributed by atoms with Crippen molar-refractivity contribution in [2.75, 3.05) is 13.1 Å². The summed E-state index contributed by atoms with van der Waals surface area (Å²) in [6.07, 6.45) is 3.10. The number of hydrogen-bond donors (Lipinski definition) is 2. The molecule has 2 heterocycles. The van der Waals surface area contributed by atoms with Gasteiger partial charge in [0.2, 0.25) is 11.8 Å². The normalized spacial score (nSPS) is 22.2. The van der Waals surface area contributed by atoms with Gasteiger partial charge in [-0.25, -0.2) is 0 Å². The first kappa shape index (κ1) is 15.0. The highest BCUT2D eigenvalue weighted by molar-refractivity contribution is 5.87. The van der Waals surface area contributed by atoms with E-state index in [0.717, 1.165) is 37.1 Å². The summed E-state index contributed by atoms with van der Waals surface area (Å²) < 4.78 is 0. The molecule has 2 aliphatic rings. The van der Waals surface area contributed by atoms with Crippen LogP contribution in [-0.2, 0) is 22.6 Å². The molecule has 5 heteroatoms. The lowest BCUT2D eigenvalue weighted by molar-refractivity contribution is -0.141. The van der Waals surface area contributed by atoms with Crippen molar-refractivity contribution in [3.63, 3.8) is 0 Å². The molecule has 1 saturated heterocycles. The molecule has 2 aliphatic heterocycles. The van der Waals surface area contributed by atoms with Crippen LogP contribution in [0.3, 0.4) is 0 Å². The van der Waals surface area contributed by atoms with Crippen LogP contribution in [0.2, 0.25) is 0 Å². The van der Waals surface area contributed by atoms with Gasteiger partial charge in [0.1, 0.15) is 6.04 Å². The molecule has 1 atom stereocenters. The van der Waals surface area contributed by atoms with Crippen LogP contribution >= 0.6 is 0 Å². The van der Waals surface area contributed by atoms with Crippen LogP contribution in [0.4, 0.5) is 0 Å². The number of nitrogens with zero attached hydrogens (tertiary/aromatic N) is 1. The fourth-order valence-electron chi connectivity index (χ4n) is 3.49. The van der Waals surface area contributed by atoms with Crippen molar-refractivity contribution in [3.05, 3.63) is 35.4 Å². The Bertz CT molecular complexity index is 567. The van der Waals surface area contributed by atoms with Gasteiger partial charge in [0.25, 0.3) is 0 Å². The predicted octanol–water partition coefficient (Wildman–Crippen LogP) is 0.815. The first-order valence-electron chi connectivity index (χ1n) is 8.01. The minimum Gasteiger partial charge on any atom is -0.368 e. The summed E-state index contributed by atoms with van der Waals surface area (Å²) >= 11 is 0. The highest BCUT2D eigenvalue weighted by atomic mass is 16.2. The monoisotopic (exact) mass is 301 g/mol. The van der Waals surface area contributed by atoms with Gasteiger partial charge >= 0.3 is 0 Å². The summed E-state index contributed by atoms with van der Waals surface area (Å²) in [5.41, 5.74) is 7.79. The lowest BCUT2D eigenvalue weighted by Gasteiger charge is -2.36. The van der Waals surface area contributed by atoms with E-state index in [4.69, 9.17) is 5.73 Å². The summed E-state index contributed by atoms with van der Waals surface area (Å²) in [6.45, 7) is 2.44. The van der Waals surface area contributed by atoms with Crippen LogP contribution in [0.5, 0.6) is 0 Å². The van der Waals surface area contributed by atoms with Crippen LogP contribution in [0.15, 0.2) is 24.3 Å². The number of piperidine rings is 1. The Morgan fingerprint density at radius 3 is 2.55 bits per heavy atom. The van der Waals surface area contributed by atoms with Gasteiger partial charge in [0.05, 0.1) is 0 Å². The lowest BCUT2D eigenvalue weighted by Crippen LogP contribution is -2.51. The Balaban J connectivity index is 1.75. The molecule has 2 amide bonds. The fourth-order valence-corrected chi connectivity index (χ4v) is 3.49. The minimum absolute atomic E-state index is 0.0604. The Morgan fingerprint density at radius 1 is 1.18 bits per heavy atom. The number of benzene rings is 1. The van der Waals surface area contributed by atoms with E-state index in [1.165, 1.54) is 0 Å². The van der Waals surface area contributed by atoms with Gasteiger partial charge in [0, 0.05) is 19.4 Å². The molecule has 0 aliphatic carbocycles. The second-order valence-electron chi connectivity index (χ2n) is 6.31. The Hall–Kier alpha value is -1.88. The summed E-state index contributed by atoms with van der Waals surface area (Å²) in [7, 11) is 0. The molecule has 118 valence electrons. The van der Waals surface area contributed by atoms with E-state index in [-0.39, 0.29) is 5.91 Å². The smallest absolute Gasteiger partial charge is 0.240 e. The van der Waals surface area contributed by atoms with Gasteiger partial charge in [-0.15, -0.1) is 0 Å². The number of hydrogen-bond acceptors (Lipinski definition) is 3. The summed E-state index contributed by atoms with van der Waals surface area (Å²) in [5.74, 6) is 0.0674. The van der Waals surface area contributed by atoms with Crippen molar-refractivity contribution >= 4 is 11.8 Å². The van der Waals surface area contributed by atoms with Crippen molar-refractivity contribution < 1.29 is 9.59 Å². The molecule has 0 radical (unpaired) electrons. The molecule has 0 aromatic heterocycles. The molecule has 1 aromatic carbocycles. The average Bonchev–Trinajstić information content (AvgIpc) is 2.54. The standard InChI is InChI=1S/C17H23N3O2/c18-17(22)15-10-13-3-1-2-4-14(13)11-20(15)16(21)9-12-5-7-19-8-6-12/h1-4,12,15,19H,5-11H2,(H2,18,22). The topological polar surface area (TPSA) is 75.4 Å². The summed E-state index contributed by atoms with van der Waals surface area (Å²) in [5, 5.41) is 3.31. The molecule has 0 spiro atoms. The molecule has 1 fully saturated rings. The molecular weight excluding hydrogens is 278 g/mol. The molecular formula is C17H23N3O2. The predicted molar refractivity (Wildman–Crippen MR) is 83.9 cm³/mol. The van der Waals surface area contributed by atoms with Crippen LogP contribution in [0, 0.1) is 5.92 Å². The largest absolute Gasteiger partial charge is 0.368 e. The van der Waals surface area contributed by atoms with Crippen molar-refractivity contribution in [3.8, 4) is 0 Å². The molecule has 3 rings (SSSR count).